The molecule has 1 unspecified atom stereocenters. The van der Waals surface area contributed by atoms with Gasteiger partial charge in [-0.3, -0.25) is 4.21 Å². The highest BCUT2D eigenvalue weighted by molar-refractivity contribution is 7.84. The second-order valence-electron chi connectivity index (χ2n) is 4.32. The Morgan fingerprint density at radius 3 is 2.71 bits per heavy atom. The molecular formula is C15H13ClN2O2S. The lowest BCUT2D eigenvalue weighted by atomic mass is 10.2. The normalized spacial score (nSPS) is 11.7. The molecule has 21 heavy (non-hydrogen) atoms. The van der Waals surface area contributed by atoms with E-state index in [1.54, 1.807) is 36.4 Å². The summed E-state index contributed by atoms with van der Waals surface area (Å²) in [4.78, 5) is 0.562. The van der Waals surface area contributed by atoms with E-state index in [-0.39, 0.29) is 5.75 Å². The van der Waals surface area contributed by atoms with Crippen LogP contribution in [0.3, 0.4) is 0 Å². The van der Waals surface area contributed by atoms with Crippen LogP contribution < -0.4 is 10.5 Å². The maximum absolute atomic E-state index is 12.5. The van der Waals surface area contributed by atoms with Crippen LogP contribution in [0.5, 0.6) is 5.75 Å². The van der Waals surface area contributed by atoms with E-state index in [4.69, 9.17) is 27.3 Å². The van der Waals surface area contributed by atoms with Crippen LogP contribution in [-0.4, -0.2) is 11.3 Å². The summed E-state index contributed by atoms with van der Waals surface area (Å²) in [5, 5.41) is 9.24. The molecule has 0 saturated carbocycles. The van der Waals surface area contributed by atoms with Gasteiger partial charge in [0.05, 0.1) is 40.2 Å². The number of nitrogens with two attached hydrogens (primary N) is 1. The van der Waals surface area contributed by atoms with Gasteiger partial charge in [-0.15, -0.1) is 0 Å². The van der Waals surface area contributed by atoms with E-state index in [1.165, 1.54) is 7.11 Å². The number of halogens is 1. The Kier molecular flexibility index (Phi) is 4.84. The molecular weight excluding hydrogens is 308 g/mol. The van der Waals surface area contributed by atoms with Crippen LogP contribution in [0.1, 0.15) is 11.1 Å². The van der Waals surface area contributed by atoms with Crippen molar-refractivity contribution in [1.82, 2.24) is 0 Å². The zero-order valence-corrected chi connectivity index (χ0v) is 12.9. The van der Waals surface area contributed by atoms with Gasteiger partial charge in [0.15, 0.2) is 0 Å². The SMILES string of the molecule is COc1cc(N)ccc1S(=O)Cc1ccc(C#N)cc1Cl. The Balaban J connectivity index is 2.28. The van der Waals surface area contributed by atoms with Gasteiger partial charge in [-0.1, -0.05) is 17.7 Å². The first-order chi connectivity index (χ1) is 10.0. The molecule has 2 aromatic carbocycles. The molecule has 0 spiro atoms. The molecule has 0 radical (unpaired) electrons. The molecule has 2 rings (SSSR count). The monoisotopic (exact) mass is 320 g/mol. The summed E-state index contributed by atoms with van der Waals surface area (Å²) in [7, 11) is 0.183. The van der Waals surface area contributed by atoms with Crippen LogP contribution in [-0.2, 0) is 16.6 Å². The molecule has 0 aliphatic heterocycles. The Morgan fingerprint density at radius 2 is 2.10 bits per heavy atom. The predicted molar refractivity (Wildman–Crippen MR) is 83.7 cm³/mol. The molecule has 108 valence electrons. The second kappa shape index (κ2) is 6.61. The molecule has 0 aliphatic carbocycles. The number of hydrogen-bond acceptors (Lipinski definition) is 4. The van der Waals surface area contributed by atoms with Crippen molar-refractivity contribution in [3.05, 3.63) is 52.5 Å². The molecule has 4 nitrogen and oxygen atoms in total. The Morgan fingerprint density at radius 1 is 1.33 bits per heavy atom. The standard InChI is InChI=1S/C15H13ClN2O2S/c1-20-14-7-12(18)4-5-15(14)21(19)9-11-3-2-10(8-17)6-13(11)16/h2-7H,9,18H2,1H3. The molecule has 0 aliphatic rings. The topological polar surface area (TPSA) is 76.1 Å². The van der Waals surface area contributed by atoms with Gasteiger partial charge in [-0.05, 0) is 29.8 Å². The molecule has 0 aromatic heterocycles. The number of rotatable bonds is 4. The summed E-state index contributed by atoms with van der Waals surface area (Å²) in [6.07, 6.45) is 0. The van der Waals surface area contributed by atoms with Gasteiger partial charge in [0.2, 0.25) is 0 Å². The van der Waals surface area contributed by atoms with Crippen LogP contribution in [0.25, 0.3) is 0 Å². The summed E-state index contributed by atoms with van der Waals surface area (Å²) >= 11 is 6.10. The van der Waals surface area contributed by atoms with E-state index in [0.717, 1.165) is 0 Å². The summed E-state index contributed by atoms with van der Waals surface area (Å²) in [5.74, 6) is 0.725. The Hall–Kier alpha value is -2.03. The van der Waals surface area contributed by atoms with Crippen molar-refractivity contribution in [2.45, 2.75) is 10.6 Å². The molecule has 1 atom stereocenters. The number of nitrogen functional groups attached to an aromatic ring is 1. The van der Waals surface area contributed by atoms with Crippen molar-refractivity contribution < 1.29 is 8.95 Å². The summed E-state index contributed by atoms with van der Waals surface area (Å²) < 4.78 is 17.7. The van der Waals surface area contributed by atoms with Crippen molar-refractivity contribution in [2.75, 3.05) is 12.8 Å². The zero-order valence-electron chi connectivity index (χ0n) is 11.3. The highest BCUT2D eigenvalue weighted by Crippen LogP contribution is 2.28. The molecule has 0 fully saturated rings. The number of hydrogen-bond donors (Lipinski definition) is 1. The van der Waals surface area contributed by atoms with E-state index < -0.39 is 10.8 Å². The highest BCUT2D eigenvalue weighted by Gasteiger charge is 2.13. The minimum absolute atomic E-state index is 0.241. The lowest BCUT2D eigenvalue weighted by molar-refractivity contribution is 0.404. The van der Waals surface area contributed by atoms with Gasteiger partial charge in [0.25, 0.3) is 0 Å². The number of nitrogens with zero attached hydrogens (tertiary/aromatic N) is 1. The fourth-order valence-electron chi connectivity index (χ4n) is 1.83. The maximum Gasteiger partial charge on any atom is 0.137 e. The smallest absolute Gasteiger partial charge is 0.137 e. The van der Waals surface area contributed by atoms with Crippen LogP contribution in [0.4, 0.5) is 5.69 Å². The van der Waals surface area contributed by atoms with Gasteiger partial charge in [0, 0.05) is 16.8 Å². The van der Waals surface area contributed by atoms with E-state index in [2.05, 4.69) is 0 Å². The van der Waals surface area contributed by atoms with Crippen molar-refractivity contribution in [3.8, 4) is 11.8 Å². The van der Waals surface area contributed by atoms with Crippen molar-refractivity contribution >= 4 is 28.1 Å². The first kappa shape index (κ1) is 15.4. The minimum atomic E-state index is -1.32. The minimum Gasteiger partial charge on any atom is -0.495 e. The average Bonchev–Trinajstić information content (AvgIpc) is 2.48. The van der Waals surface area contributed by atoms with Crippen LogP contribution in [0, 0.1) is 11.3 Å². The van der Waals surface area contributed by atoms with Crippen molar-refractivity contribution in [1.29, 1.82) is 5.26 Å². The van der Waals surface area contributed by atoms with Gasteiger partial charge in [-0.25, -0.2) is 0 Å². The van der Waals surface area contributed by atoms with Crippen LogP contribution in [0.2, 0.25) is 5.02 Å². The lowest BCUT2D eigenvalue weighted by Crippen LogP contribution is -2.01. The number of nitriles is 1. The molecule has 0 heterocycles. The second-order valence-corrected chi connectivity index (χ2v) is 6.14. The third-order valence-electron chi connectivity index (χ3n) is 2.90. The number of anilines is 1. The van der Waals surface area contributed by atoms with Crippen LogP contribution in [0.15, 0.2) is 41.3 Å². The van der Waals surface area contributed by atoms with E-state index in [0.29, 0.717) is 32.5 Å². The fourth-order valence-corrected chi connectivity index (χ4v) is 3.43. The van der Waals surface area contributed by atoms with Gasteiger partial charge in [-0.2, -0.15) is 5.26 Å². The number of methoxy groups -OCH3 is 1. The first-order valence-electron chi connectivity index (χ1n) is 6.05. The first-order valence-corrected chi connectivity index (χ1v) is 7.75. The summed E-state index contributed by atoms with van der Waals surface area (Å²) in [5.41, 5.74) is 7.41. The van der Waals surface area contributed by atoms with Gasteiger partial charge >= 0.3 is 0 Å². The number of ether oxygens (including phenoxy) is 1. The van der Waals surface area contributed by atoms with Gasteiger partial charge in [0.1, 0.15) is 5.75 Å². The zero-order chi connectivity index (χ0) is 15.4. The number of benzene rings is 2. The maximum atomic E-state index is 12.5. The Bertz CT molecular complexity index is 741. The lowest BCUT2D eigenvalue weighted by Gasteiger charge is -2.10. The van der Waals surface area contributed by atoms with Gasteiger partial charge < -0.3 is 10.5 Å². The molecule has 6 heteroatoms. The van der Waals surface area contributed by atoms with Crippen molar-refractivity contribution in [3.63, 3.8) is 0 Å². The van der Waals surface area contributed by atoms with E-state index >= 15 is 0 Å². The quantitative estimate of drug-likeness (QED) is 0.878. The van der Waals surface area contributed by atoms with Crippen molar-refractivity contribution in [2.24, 2.45) is 0 Å². The van der Waals surface area contributed by atoms with E-state index in [9.17, 15) is 4.21 Å². The summed E-state index contributed by atoms with van der Waals surface area (Å²) in [6.45, 7) is 0. The third kappa shape index (κ3) is 3.54. The molecule has 0 amide bonds. The highest BCUT2D eigenvalue weighted by atomic mass is 35.5. The van der Waals surface area contributed by atoms with E-state index in [1.807, 2.05) is 6.07 Å². The summed E-state index contributed by atoms with van der Waals surface area (Å²) in [6, 6.07) is 11.9. The molecule has 0 bridgehead atoms. The fraction of sp³-hybridized carbons (Fsp3) is 0.133. The predicted octanol–water partition coefficient (Wildman–Crippen LogP) is 3.11. The average molecular weight is 321 g/mol. The molecule has 0 saturated heterocycles. The Labute approximate surface area is 130 Å². The van der Waals surface area contributed by atoms with Crippen LogP contribution >= 0.6 is 11.6 Å². The molecule has 2 N–H and O–H groups in total. The largest absolute Gasteiger partial charge is 0.495 e. The third-order valence-corrected chi connectivity index (χ3v) is 4.65. The molecule has 2 aromatic rings.